The molecule has 0 unspecified atom stereocenters. The van der Waals surface area contributed by atoms with Crippen LogP contribution in [0.5, 0.6) is 0 Å². The maximum atomic E-state index is 12.9. The van der Waals surface area contributed by atoms with Crippen molar-refractivity contribution < 1.29 is 4.39 Å². The molecule has 0 amide bonds. The van der Waals surface area contributed by atoms with Gasteiger partial charge in [-0.3, -0.25) is 0 Å². The predicted molar refractivity (Wildman–Crippen MR) is 62.8 cm³/mol. The zero-order valence-corrected chi connectivity index (χ0v) is 9.34. The number of nitrogens with two attached hydrogens (primary N) is 1. The molecule has 0 radical (unpaired) electrons. The molecule has 0 bridgehead atoms. The smallest absolute Gasteiger partial charge is 0.201 e. The highest BCUT2D eigenvalue weighted by Crippen LogP contribution is 2.15. The lowest BCUT2D eigenvalue weighted by Gasteiger charge is -2.18. The van der Waals surface area contributed by atoms with Crippen LogP contribution in [0.25, 0.3) is 11.0 Å². The summed E-state index contributed by atoms with van der Waals surface area (Å²) in [4.78, 5) is 7.26. The molecule has 0 saturated heterocycles. The van der Waals surface area contributed by atoms with E-state index in [4.69, 9.17) is 5.73 Å². The number of benzene rings is 1. The van der Waals surface area contributed by atoms with Gasteiger partial charge >= 0.3 is 0 Å². The first-order valence-electron chi connectivity index (χ1n) is 5.12. The molecular weight excluding hydrogens is 207 g/mol. The molecule has 1 aromatic carbocycles. The third-order valence-corrected chi connectivity index (χ3v) is 2.16. The minimum absolute atomic E-state index is 0.276. The summed E-state index contributed by atoms with van der Waals surface area (Å²) in [6.07, 6.45) is 0. The van der Waals surface area contributed by atoms with E-state index in [0.29, 0.717) is 18.0 Å². The lowest BCUT2D eigenvalue weighted by atomic mass is 10.1. The molecule has 1 heterocycles. The molecule has 1 aromatic heterocycles. The van der Waals surface area contributed by atoms with Crippen molar-refractivity contribution in [3.8, 4) is 0 Å². The van der Waals surface area contributed by atoms with Crippen molar-refractivity contribution in [1.29, 1.82) is 0 Å². The van der Waals surface area contributed by atoms with Gasteiger partial charge < -0.3 is 16.0 Å². The Bertz CT molecular complexity index is 498. The zero-order valence-electron chi connectivity index (χ0n) is 9.34. The lowest BCUT2D eigenvalue weighted by molar-refractivity contribution is 0.548. The fourth-order valence-corrected chi connectivity index (χ4v) is 1.38. The Morgan fingerprint density at radius 3 is 2.94 bits per heavy atom. The van der Waals surface area contributed by atoms with E-state index in [9.17, 15) is 4.39 Å². The van der Waals surface area contributed by atoms with Crippen LogP contribution in [0.1, 0.15) is 13.8 Å². The number of imidazole rings is 1. The number of fused-ring (bicyclic) bond motifs is 1. The molecule has 0 aliphatic rings. The van der Waals surface area contributed by atoms with E-state index in [2.05, 4.69) is 15.3 Å². The lowest BCUT2D eigenvalue weighted by Crippen LogP contribution is -2.39. The third kappa shape index (κ3) is 2.49. The van der Waals surface area contributed by atoms with Gasteiger partial charge in [0.1, 0.15) is 5.82 Å². The van der Waals surface area contributed by atoms with E-state index in [1.165, 1.54) is 12.1 Å². The zero-order chi connectivity index (χ0) is 11.8. The van der Waals surface area contributed by atoms with Crippen LogP contribution in [0.2, 0.25) is 0 Å². The number of hydrogen-bond acceptors (Lipinski definition) is 3. The number of rotatable bonds is 3. The van der Waals surface area contributed by atoms with Gasteiger partial charge in [0.25, 0.3) is 0 Å². The summed E-state index contributed by atoms with van der Waals surface area (Å²) in [6, 6.07) is 4.45. The van der Waals surface area contributed by atoms with Crippen LogP contribution in [-0.4, -0.2) is 22.1 Å². The van der Waals surface area contributed by atoms with E-state index in [1.807, 2.05) is 13.8 Å². The molecule has 4 nitrogen and oxygen atoms in total. The van der Waals surface area contributed by atoms with Gasteiger partial charge in [0.2, 0.25) is 5.95 Å². The average molecular weight is 222 g/mol. The Balaban J connectivity index is 2.20. The molecule has 0 aliphatic heterocycles. The van der Waals surface area contributed by atoms with Gasteiger partial charge in [0, 0.05) is 12.1 Å². The van der Waals surface area contributed by atoms with E-state index >= 15 is 0 Å². The summed E-state index contributed by atoms with van der Waals surface area (Å²) in [5.41, 5.74) is 6.94. The van der Waals surface area contributed by atoms with Crippen LogP contribution in [0, 0.1) is 5.82 Å². The van der Waals surface area contributed by atoms with Gasteiger partial charge in [0.05, 0.1) is 11.0 Å². The van der Waals surface area contributed by atoms with Crippen LogP contribution in [0.15, 0.2) is 18.2 Å². The van der Waals surface area contributed by atoms with E-state index in [1.54, 1.807) is 6.07 Å². The summed E-state index contributed by atoms with van der Waals surface area (Å²) in [5, 5.41) is 3.08. The van der Waals surface area contributed by atoms with Crippen molar-refractivity contribution in [1.82, 2.24) is 9.97 Å². The predicted octanol–water partition coefficient (Wildman–Crippen LogP) is 1.85. The van der Waals surface area contributed by atoms with Gasteiger partial charge in [-0.15, -0.1) is 0 Å². The molecule has 5 heteroatoms. The van der Waals surface area contributed by atoms with E-state index < -0.39 is 0 Å². The number of hydrogen-bond donors (Lipinski definition) is 3. The Labute approximate surface area is 93.1 Å². The van der Waals surface area contributed by atoms with Crippen LogP contribution < -0.4 is 11.1 Å². The van der Waals surface area contributed by atoms with Gasteiger partial charge in [-0.25, -0.2) is 9.37 Å². The van der Waals surface area contributed by atoms with Crippen molar-refractivity contribution in [2.45, 2.75) is 19.4 Å². The minimum Gasteiger partial charge on any atom is -0.354 e. The average Bonchev–Trinajstić information content (AvgIpc) is 2.55. The maximum Gasteiger partial charge on any atom is 0.201 e. The number of anilines is 1. The van der Waals surface area contributed by atoms with Crippen LogP contribution in [0.4, 0.5) is 10.3 Å². The monoisotopic (exact) mass is 222 g/mol. The van der Waals surface area contributed by atoms with Crippen LogP contribution in [-0.2, 0) is 0 Å². The Hall–Kier alpha value is -1.62. The molecule has 2 aromatic rings. The first-order valence-corrected chi connectivity index (χ1v) is 5.12. The highest BCUT2D eigenvalue weighted by atomic mass is 19.1. The first kappa shape index (κ1) is 10.9. The molecule has 0 spiro atoms. The largest absolute Gasteiger partial charge is 0.354 e. The molecule has 16 heavy (non-hydrogen) atoms. The maximum absolute atomic E-state index is 12.9. The van der Waals surface area contributed by atoms with E-state index in [0.717, 1.165) is 5.52 Å². The SMILES string of the molecule is CC(C)(N)CNc1nc2ccc(F)cc2[nH]1. The third-order valence-electron chi connectivity index (χ3n) is 2.16. The summed E-state index contributed by atoms with van der Waals surface area (Å²) >= 11 is 0. The second kappa shape index (κ2) is 3.75. The first-order chi connectivity index (χ1) is 7.44. The van der Waals surface area contributed by atoms with Crippen molar-refractivity contribution >= 4 is 17.0 Å². The van der Waals surface area contributed by atoms with Crippen LogP contribution >= 0.6 is 0 Å². The summed E-state index contributed by atoms with van der Waals surface area (Å²) < 4.78 is 12.9. The van der Waals surface area contributed by atoms with Gasteiger partial charge in [-0.2, -0.15) is 0 Å². The topological polar surface area (TPSA) is 66.7 Å². The van der Waals surface area contributed by atoms with E-state index in [-0.39, 0.29) is 11.4 Å². The highest BCUT2D eigenvalue weighted by molar-refractivity contribution is 5.77. The summed E-state index contributed by atoms with van der Waals surface area (Å²) in [5.74, 6) is 0.334. The van der Waals surface area contributed by atoms with Crippen molar-refractivity contribution in [3.05, 3.63) is 24.0 Å². The van der Waals surface area contributed by atoms with Crippen molar-refractivity contribution in [3.63, 3.8) is 0 Å². The molecular formula is C11H15FN4. The Morgan fingerprint density at radius 2 is 2.25 bits per heavy atom. The van der Waals surface area contributed by atoms with Gasteiger partial charge in [-0.05, 0) is 32.0 Å². The van der Waals surface area contributed by atoms with Gasteiger partial charge in [0.15, 0.2) is 0 Å². The molecule has 0 fully saturated rings. The Kier molecular flexibility index (Phi) is 2.55. The van der Waals surface area contributed by atoms with Crippen molar-refractivity contribution in [2.75, 3.05) is 11.9 Å². The summed E-state index contributed by atoms with van der Waals surface area (Å²) in [6.45, 7) is 4.43. The second-order valence-electron chi connectivity index (χ2n) is 4.59. The number of halogens is 1. The number of aromatic amines is 1. The quantitative estimate of drug-likeness (QED) is 0.742. The fraction of sp³-hybridized carbons (Fsp3) is 0.364. The molecule has 2 rings (SSSR count). The molecule has 0 aliphatic carbocycles. The van der Waals surface area contributed by atoms with Gasteiger partial charge in [-0.1, -0.05) is 0 Å². The molecule has 0 saturated carbocycles. The Morgan fingerprint density at radius 1 is 1.50 bits per heavy atom. The number of nitrogens with zero attached hydrogens (tertiary/aromatic N) is 1. The number of H-pyrrole nitrogens is 1. The molecule has 4 N–H and O–H groups in total. The normalized spacial score (nSPS) is 12.0. The molecule has 0 atom stereocenters. The van der Waals surface area contributed by atoms with Crippen molar-refractivity contribution in [2.24, 2.45) is 5.73 Å². The standard InChI is InChI=1S/C11H15FN4/c1-11(2,13)6-14-10-15-8-4-3-7(12)5-9(8)16-10/h3-5H,6,13H2,1-2H3,(H2,14,15,16). The summed E-state index contributed by atoms with van der Waals surface area (Å²) in [7, 11) is 0. The fourth-order valence-electron chi connectivity index (χ4n) is 1.38. The minimum atomic E-state index is -0.315. The number of nitrogens with one attached hydrogen (secondary N) is 2. The number of aromatic nitrogens is 2. The molecule has 86 valence electrons. The second-order valence-corrected chi connectivity index (χ2v) is 4.59. The highest BCUT2D eigenvalue weighted by Gasteiger charge is 2.11. The van der Waals surface area contributed by atoms with Crippen LogP contribution in [0.3, 0.4) is 0 Å².